The molecule has 1 saturated carbocycles. The van der Waals surface area contributed by atoms with Crippen LogP contribution in [-0.4, -0.2) is 21.0 Å². The van der Waals surface area contributed by atoms with E-state index in [0.29, 0.717) is 29.7 Å². The molecule has 7 heteroatoms. The molecule has 1 fully saturated rings. The largest absolute Gasteiger partial charge is 0.440 e. The maximum absolute atomic E-state index is 12.1. The molecular formula is C18H20N4O3. The van der Waals surface area contributed by atoms with Crippen molar-refractivity contribution in [2.75, 3.05) is 5.32 Å². The Morgan fingerprint density at radius 2 is 2.16 bits per heavy atom. The smallest absolute Gasteiger partial charge is 0.227 e. The first-order valence-corrected chi connectivity index (χ1v) is 8.61. The number of hydrogen-bond acceptors (Lipinski definition) is 6. The zero-order chi connectivity index (χ0) is 17.4. The van der Waals surface area contributed by atoms with Crippen molar-refractivity contribution in [3.05, 3.63) is 35.8 Å². The monoisotopic (exact) mass is 340 g/mol. The van der Waals surface area contributed by atoms with Crippen molar-refractivity contribution < 1.29 is 13.7 Å². The molecule has 0 unspecified atom stereocenters. The molecule has 25 heavy (non-hydrogen) atoms. The zero-order valence-electron chi connectivity index (χ0n) is 14.3. The van der Waals surface area contributed by atoms with Gasteiger partial charge in [0.25, 0.3) is 0 Å². The summed E-state index contributed by atoms with van der Waals surface area (Å²) in [6.45, 7) is 3.99. The number of aromatic nitrogens is 3. The number of amides is 1. The standard InChI is InChI=1S/C18H20N4O3/c1-10(2)17-21-16(25-22-17)8-7-15(23)19-12-5-6-14-13(9-12)20-18(24-14)11-3-4-11/h5-6,9-11H,3-4,7-8H2,1-2H3,(H,19,23). The number of rotatable bonds is 6. The van der Waals surface area contributed by atoms with E-state index in [-0.39, 0.29) is 18.2 Å². The molecule has 0 spiro atoms. The lowest BCUT2D eigenvalue weighted by molar-refractivity contribution is -0.116. The Labute approximate surface area is 144 Å². The minimum Gasteiger partial charge on any atom is -0.440 e. The zero-order valence-corrected chi connectivity index (χ0v) is 14.3. The fourth-order valence-corrected chi connectivity index (χ4v) is 2.58. The van der Waals surface area contributed by atoms with Gasteiger partial charge in [0, 0.05) is 30.4 Å². The number of hydrogen-bond donors (Lipinski definition) is 1. The van der Waals surface area contributed by atoms with Gasteiger partial charge in [-0.15, -0.1) is 0 Å². The van der Waals surface area contributed by atoms with E-state index in [1.165, 1.54) is 0 Å². The van der Waals surface area contributed by atoms with Gasteiger partial charge in [0.05, 0.1) is 0 Å². The summed E-state index contributed by atoms with van der Waals surface area (Å²) in [5.41, 5.74) is 2.24. The molecule has 0 atom stereocenters. The molecule has 4 rings (SSSR count). The van der Waals surface area contributed by atoms with E-state index < -0.39 is 0 Å². The summed E-state index contributed by atoms with van der Waals surface area (Å²) < 4.78 is 10.9. The predicted octanol–water partition coefficient (Wildman–Crippen LogP) is 3.78. The molecule has 2 aromatic heterocycles. The van der Waals surface area contributed by atoms with Crippen molar-refractivity contribution in [1.29, 1.82) is 0 Å². The van der Waals surface area contributed by atoms with Gasteiger partial charge >= 0.3 is 0 Å². The highest BCUT2D eigenvalue weighted by Gasteiger charge is 2.28. The normalized spacial score (nSPS) is 14.4. The summed E-state index contributed by atoms with van der Waals surface area (Å²) in [4.78, 5) is 20.9. The fourth-order valence-electron chi connectivity index (χ4n) is 2.58. The van der Waals surface area contributed by atoms with E-state index in [4.69, 9.17) is 8.94 Å². The molecule has 1 N–H and O–H groups in total. The average molecular weight is 340 g/mol. The summed E-state index contributed by atoms with van der Waals surface area (Å²) in [6, 6.07) is 5.51. The number of benzene rings is 1. The topological polar surface area (TPSA) is 94.1 Å². The van der Waals surface area contributed by atoms with Crippen LogP contribution in [-0.2, 0) is 11.2 Å². The SMILES string of the molecule is CC(C)c1noc(CCC(=O)Nc2ccc3oc(C4CC4)nc3c2)n1. The molecule has 1 aliphatic rings. The highest BCUT2D eigenvalue weighted by atomic mass is 16.5. The lowest BCUT2D eigenvalue weighted by atomic mass is 10.2. The number of aryl methyl sites for hydroxylation is 1. The summed E-state index contributed by atoms with van der Waals surface area (Å²) in [7, 11) is 0. The summed E-state index contributed by atoms with van der Waals surface area (Å²) in [5, 5.41) is 6.77. The maximum atomic E-state index is 12.1. The van der Waals surface area contributed by atoms with Gasteiger partial charge in [-0.2, -0.15) is 4.98 Å². The van der Waals surface area contributed by atoms with Crippen LogP contribution in [0.1, 0.15) is 62.6 Å². The van der Waals surface area contributed by atoms with E-state index >= 15 is 0 Å². The third-order valence-electron chi connectivity index (χ3n) is 4.18. The summed E-state index contributed by atoms with van der Waals surface area (Å²) >= 11 is 0. The molecule has 3 aromatic rings. The molecule has 7 nitrogen and oxygen atoms in total. The van der Waals surface area contributed by atoms with Crippen LogP contribution in [0.5, 0.6) is 0 Å². The molecule has 0 radical (unpaired) electrons. The molecule has 130 valence electrons. The van der Waals surface area contributed by atoms with E-state index in [1.807, 2.05) is 32.0 Å². The number of nitrogens with one attached hydrogen (secondary N) is 1. The number of fused-ring (bicyclic) bond motifs is 1. The lowest BCUT2D eigenvalue weighted by Crippen LogP contribution is -2.12. The summed E-state index contributed by atoms with van der Waals surface area (Å²) in [6.07, 6.45) is 2.99. The summed E-state index contributed by atoms with van der Waals surface area (Å²) in [5.74, 6) is 2.53. The molecule has 0 aliphatic heterocycles. The average Bonchev–Trinajstić information content (AvgIpc) is 3.17. The van der Waals surface area contributed by atoms with Crippen LogP contribution in [0.3, 0.4) is 0 Å². The highest BCUT2D eigenvalue weighted by Crippen LogP contribution is 2.40. The van der Waals surface area contributed by atoms with Crippen molar-refractivity contribution in [1.82, 2.24) is 15.1 Å². The minimum atomic E-state index is -0.102. The molecule has 0 saturated heterocycles. The molecule has 1 aromatic carbocycles. The molecular weight excluding hydrogens is 320 g/mol. The Balaban J connectivity index is 1.37. The van der Waals surface area contributed by atoms with Crippen molar-refractivity contribution in [2.24, 2.45) is 0 Å². The number of nitrogens with zero attached hydrogens (tertiary/aromatic N) is 3. The Morgan fingerprint density at radius 1 is 1.32 bits per heavy atom. The van der Waals surface area contributed by atoms with Gasteiger partial charge in [0.1, 0.15) is 5.52 Å². The molecule has 1 aliphatic carbocycles. The van der Waals surface area contributed by atoms with Crippen LogP contribution in [0.2, 0.25) is 0 Å². The minimum absolute atomic E-state index is 0.102. The van der Waals surface area contributed by atoms with Gasteiger partial charge < -0.3 is 14.3 Å². The van der Waals surface area contributed by atoms with Crippen molar-refractivity contribution >= 4 is 22.7 Å². The van der Waals surface area contributed by atoms with E-state index in [9.17, 15) is 4.79 Å². The van der Waals surface area contributed by atoms with Gasteiger partial charge in [-0.1, -0.05) is 19.0 Å². The van der Waals surface area contributed by atoms with E-state index in [0.717, 1.165) is 29.8 Å². The van der Waals surface area contributed by atoms with Gasteiger partial charge in [0.15, 0.2) is 17.3 Å². The Kier molecular flexibility index (Phi) is 3.99. The van der Waals surface area contributed by atoms with Gasteiger partial charge in [-0.3, -0.25) is 4.79 Å². The first-order valence-electron chi connectivity index (χ1n) is 8.61. The second-order valence-corrected chi connectivity index (χ2v) is 6.76. The predicted molar refractivity (Wildman–Crippen MR) is 91.3 cm³/mol. The highest BCUT2D eigenvalue weighted by molar-refractivity contribution is 5.92. The Bertz CT molecular complexity index is 908. The molecule has 2 heterocycles. The van der Waals surface area contributed by atoms with Crippen LogP contribution >= 0.6 is 0 Å². The first kappa shape index (κ1) is 15.8. The number of carbonyl (C=O) groups is 1. The van der Waals surface area contributed by atoms with E-state index in [2.05, 4.69) is 20.4 Å². The Hall–Kier alpha value is -2.70. The van der Waals surface area contributed by atoms with Crippen LogP contribution in [0.4, 0.5) is 5.69 Å². The first-order chi connectivity index (χ1) is 12.1. The van der Waals surface area contributed by atoms with Crippen molar-refractivity contribution in [3.8, 4) is 0 Å². The second-order valence-electron chi connectivity index (χ2n) is 6.76. The Morgan fingerprint density at radius 3 is 2.88 bits per heavy atom. The van der Waals surface area contributed by atoms with Crippen molar-refractivity contribution in [3.63, 3.8) is 0 Å². The quantitative estimate of drug-likeness (QED) is 0.734. The van der Waals surface area contributed by atoms with Crippen LogP contribution < -0.4 is 5.32 Å². The van der Waals surface area contributed by atoms with Gasteiger partial charge in [-0.05, 0) is 31.0 Å². The number of carbonyl (C=O) groups excluding carboxylic acids is 1. The van der Waals surface area contributed by atoms with Crippen LogP contribution in [0, 0.1) is 0 Å². The lowest BCUT2D eigenvalue weighted by Gasteiger charge is -2.03. The second kappa shape index (κ2) is 6.31. The fraction of sp³-hybridized carbons (Fsp3) is 0.444. The van der Waals surface area contributed by atoms with E-state index in [1.54, 1.807) is 0 Å². The van der Waals surface area contributed by atoms with Crippen LogP contribution in [0.25, 0.3) is 11.1 Å². The molecule has 1 amide bonds. The van der Waals surface area contributed by atoms with Crippen molar-refractivity contribution in [2.45, 2.75) is 51.4 Å². The van der Waals surface area contributed by atoms with Crippen LogP contribution in [0.15, 0.2) is 27.1 Å². The third-order valence-corrected chi connectivity index (χ3v) is 4.18. The van der Waals surface area contributed by atoms with Gasteiger partial charge in [-0.25, -0.2) is 4.98 Å². The maximum Gasteiger partial charge on any atom is 0.227 e. The number of anilines is 1. The molecule has 0 bridgehead atoms. The number of oxazole rings is 1. The van der Waals surface area contributed by atoms with Gasteiger partial charge in [0.2, 0.25) is 11.8 Å². The third kappa shape index (κ3) is 3.55.